The molecule has 12 nitrogen and oxygen atoms in total. The number of rotatable bonds is 11. The van der Waals surface area contributed by atoms with Crippen molar-refractivity contribution in [2.75, 3.05) is 27.3 Å². The third-order valence-electron chi connectivity index (χ3n) is 3.73. The molecule has 0 heterocycles. The molecule has 1 aromatic rings. The standard InChI is InChI=1S/C19H30N4O8S/c1-19(2,3)31-18(25)21-14(12-24)7-6-10-30-16-11-15(23(26)27)8-9-17(16)32(28,29)20-13-22(4)5/h8-9,11,13-14,24H,6-7,10,12H2,1-5H3,(H,21,25)/b20-13-/t14-/m0/s1. The van der Waals surface area contributed by atoms with Crippen LogP contribution in [0.25, 0.3) is 0 Å². The Kier molecular flexibility index (Phi) is 9.84. The van der Waals surface area contributed by atoms with E-state index in [9.17, 15) is 28.4 Å². The number of aliphatic hydroxyl groups excluding tert-OH is 1. The summed E-state index contributed by atoms with van der Waals surface area (Å²) in [5, 5.41) is 23.1. The third-order valence-corrected chi connectivity index (χ3v) is 4.99. The zero-order valence-electron chi connectivity index (χ0n) is 18.8. The Morgan fingerprint density at radius 1 is 1.38 bits per heavy atom. The number of nitro benzene ring substituents is 1. The molecular weight excluding hydrogens is 444 g/mol. The number of alkyl carbamates (subject to hydrolysis) is 1. The summed E-state index contributed by atoms with van der Waals surface area (Å²) in [4.78, 5) is 23.3. The Balaban J connectivity index is 2.87. The van der Waals surface area contributed by atoms with E-state index in [1.165, 1.54) is 4.90 Å². The fraction of sp³-hybridized carbons (Fsp3) is 0.579. The lowest BCUT2D eigenvalue weighted by Crippen LogP contribution is -2.41. The van der Waals surface area contributed by atoms with Gasteiger partial charge in [-0.3, -0.25) is 10.1 Å². The van der Waals surface area contributed by atoms with Crippen LogP contribution in [0, 0.1) is 10.1 Å². The lowest BCUT2D eigenvalue weighted by atomic mass is 10.2. The van der Waals surface area contributed by atoms with Gasteiger partial charge >= 0.3 is 6.09 Å². The van der Waals surface area contributed by atoms with Crippen LogP contribution in [0.15, 0.2) is 27.5 Å². The molecule has 1 rings (SSSR count). The number of nitrogens with zero attached hydrogens (tertiary/aromatic N) is 3. The Morgan fingerprint density at radius 2 is 2.03 bits per heavy atom. The average molecular weight is 475 g/mol. The average Bonchev–Trinajstić information content (AvgIpc) is 2.67. The summed E-state index contributed by atoms with van der Waals surface area (Å²) in [6.45, 7) is 4.77. The second-order valence-electron chi connectivity index (χ2n) is 8.06. The van der Waals surface area contributed by atoms with Gasteiger partial charge in [0.05, 0.1) is 30.2 Å². The summed E-state index contributed by atoms with van der Waals surface area (Å²) < 4.78 is 39.1. The van der Waals surface area contributed by atoms with E-state index in [4.69, 9.17) is 9.47 Å². The molecule has 0 radical (unpaired) electrons. The van der Waals surface area contributed by atoms with Crippen molar-refractivity contribution < 1.29 is 32.7 Å². The van der Waals surface area contributed by atoms with Gasteiger partial charge in [0.1, 0.15) is 22.6 Å². The van der Waals surface area contributed by atoms with Crippen LogP contribution in [0.2, 0.25) is 0 Å². The predicted molar refractivity (Wildman–Crippen MR) is 117 cm³/mol. The highest BCUT2D eigenvalue weighted by Crippen LogP contribution is 2.30. The summed E-state index contributed by atoms with van der Waals surface area (Å²) in [5.74, 6) is -0.212. The minimum atomic E-state index is -4.15. The van der Waals surface area contributed by atoms with Crippen LogP contribution < -0.4 is 10.1 Å². The number of hydrogen-bond donors (Lipinski definition) is 2. The molecule has 1 aromatic carbocycles. The lowest BCUT2D eigenvalue weighted by Gasteiger charge is -2.22. The predicted octanol–water partition coefficient (Wildman–Crippen LogP) is 1.92. The zero-order valence-corrected chi connectivity index (χ0v) is 19.6. The van der Waals surface area contributed by atoms with Gasteiger partial charge in [-0.05, 0) is 39.7 Å². The van der Waals surface area contributed by atoms with Crippen molar-refractivity contribution in [2.24, 2.45) is 4.40 Å². The summed E-state index contributed by atoms with van der Waals surface area (Å²) in [6, 6.07) is 2.53. The molecule has 0 aliphatic carbocycles. The van der Waals surface area contributed by atoms with E-state index in [-0.39, 0.29) is 29.5 Å². The maximum absolute atomic E-state index is 12.5. The molecule has 0 spiro atoms. The Hall–Kier alpha value is -2.93. The van der Waals surface area contributed by atoms with E-state index in [1.54, 1.807) is 34.9 Å². The number of carbonyl (C=O) groups excluding carboxylic acids is 1. The van der Waals surface area contributed by atoms with Gasteiger partial charge in [-0.1, -0.05) is 0 Å². The first kappa shape index (κ1) is 27.1. The van der Waals surface area contributed by atoms with Crippen molar-refractivity contribution in [3.05, 3.63) is 28.3 Å². The molecule has 0 unspecified atom stereocenters. The molecule has 0 aromatic heterocycles. The van der Waals surface area contributed by atoms with Gasteiger partial charge in [-0.2, -0.15) is 8.42 Å². The number of benzene rings is 1. The number of carbonyl (C=O) groups is 1. The van der Waals surface area contributed by atoms with E-state index in [0.29, 0.717) is 12.8 Å². The highest BCUT2D eigenvalue weighted by molar-refractivity contribution is 7.90. The van der Waals surface area contributed by atoms with E-state index in [0.717, 1.165) is 24.5 Å². The van der Waals surface area contributed by atoms with Crippen LogP contribution in [-0.2, 0) is 14.8 Å². The topological polar surface area (TPSA) is 161 Å². The molecule has 13 heteroatoms. The van der Waals surface area contributed by atoms with E-state index >= 15 is 0 Å². The van der Waals surface area contributed by atoms with Crippen molar-refractivity contribution in [1.29, 1.82) is 0 Å². The summed E-state index contributed by atoms with van der Waals surface area (Å²) in [7, 11) is -0.968. The molecule has 0 saturated heterocycles. The highest BCUT2D eigenvalue weighted by Gasteiger charge is 2.23. The zero-order chi connectivity index (χ0) is 24.5. The molecule has 0 bridgehead atoms. The molecule has 0 saturated carbocycles. The third kappa shape index (κ3) is 9.47. The first-order valence-corrected chi connectivity index (χ1v) is 11.2. The van der Waals surface area contributed by atoms with Gasteiger partial charge in [0, 0.05) is 20.2 Å². The van der Waals surface area contributed by atoms with Gasteiger partial charge < -0.3 is 24.8 Å². The molecular formula is C19H30N4O8S. The van der Waals surface area contributed by atoms with Gasteiger partial charge in [0.2, 0.25) is 0 Å². The second-order valence-corrected chi connectivity index (χ2v) is 9.66. The number of sulfonamides is 1. The number of nitrogens with one attached hydrogen (secondary N) is 1. The number of hydrogen-bond acceptors (Lipinski definition) is 8. The number of amides is 1. The van der Waals surface area contributed by atoms with Crippen LogP contribution in [0.3, 0.4) is 0 Å². The monoisotopic (exact) mass is 474 g/mol. The fourth-order valence-corrected chi connectivity index (χ4v) is 3.38. The molecule has 0 fully saturated rings. The van der Waals surface area contributed by atoms with Crippen molar-refractivity contribution in [3.63, 3.8) is 0 Å². The molecule has 180 valence electrons. The van der Waals surface area contributed by atoms with Crippen molar-refractivity contribution in [2.45, 2.75) is 50.2 Å². The Morgan fingerprint density at radius 3 is 2.56 bits per heavy atom. The van der Waals surface area contributed by atoms with Crippen LogP contribution in [0.1, 0.15) is 33.6 Å². The highest BCUT2D eigenvalue weighted by atomic mass is 32.2. The quantitative estimate of drug-likeness (QED) is 0.160. The van der Waals surface area contributed by atoms with Crippen LogP contribution in [-0.4, -0.2) is 74.7 Å². The summed E-state index contributed by atoms with van der Waals surface area (Å²) in [5.41, 5.74) is -1.03. The van der Waals surface area contributed by atoms with Gasteiger partial charge in [0.15, 0.2) is 0 Å². The summed E-state index contributed by atoms with van der Waals surface area (Å²) in [6.07, 6.45) is 1.02. The van der Waals surface area contributed by atoms with Crippen LogP contribution in [0.5, 0.6) is 5.75 Å². The van der Waals surface area contributed by atoms with Crippen molar-refractivity contribution >= 4 is 28.1 Å². The summed E-state index contributed by atoms with van der Waals surface area (Å²) >= 11 is 0. The number of non-ortho nitro benzene ring substituents is 1. The first-order valence-electron chi connectivity index (χ1n) is 9.73. The minimum absolute atomic E-state index is 0.0203. The molecule has 1 atom stereocenters. The van der Waals surface area contributed by atoms with Gasteiger partial charge in [-0.25, -0.2) is 4.79 Å². The lowest BCUT2D eigenvalue weighted by molar-refractivity contribution is -0.385. The molecule has 0 aliphatic heterocycles. The number of ether oxygens (including phenoxy) is 2. The van der Waals surface area contributed by atoms with E-state index in [1.807, 2.05) is 0 Å². The molecule has 2 N–H and O–H groups in total. The van der Waals surface area contributed by atoms with Gasteiger partial charge in [-0.15, -0.1) is 4.40 Å². The minimum Gasteiger partial charge on any atom is -0.492 e. The first-order chi connectivity index (χ1) is 14.7. The second kappa shape index (κ2) is 11.6. The van der Waals surface area contributed by atoms with Crippen molar-refractivity contribution in [3.8, 4) is 5.75 Å². The van der Waals surface area contributed by atoms with Crippen LogP contribution in [0.4, 0.5) is 10.5 Å². The maximum atomic E-state index is 12.5. The molecule has 32 heavy (non-hydrogen) atoms. The Labute approximate surface area is 187 Å². The SMILES string of the molecule is CN(C)/C=N\S(=O)(=O)c1ccc([N+](=O)[O-])cc1OCCC[C@@H](CO)NC(=O)OC(C)(C)C. The van der Waals surface area contributed by atoms with Gasteiger partial charge in [0.25, 0.3) is 15.7 Å². The van der Waals surface area contributed by atoms with Crippen LogP contribution >= 0.6 is 0 Å². The van der Waals surface area contributed by atoms with E-state index < -0.39 is 32.7 Å². The smallest absolute Gasteiger partial charge is 0.407 e. The molecule has 1 amide bonds. The Bertz CT molecular complexity index is 926. The van der Waals surface area contributed by atoms with E-state index in [2.05, 4.69) is 9.71 Å². The normalized spacial score (nSPS) is 12.9. The molecule has 0 aliphatic rings. The van der Waals surface area contributed by atoms with Crippen molar-refractivity contribution in [1.82, 2.24) is 10.2 Å². The maximum Gasteiger partial charge on any atom is 0.407 e. The largest absolute Gasteiger partial charge is 0.492 e. The number of nitro groups is 1. The number of aliphatic hydroxyl groups is 1. The fourth-order valence-electron chi connectivity index (χ4n) is 2.34.